The Labute approximate surface area is 85.0 Å². The lowest BCUT2D eigenvalue weighted by Crippen LogP contribution is -2.22. The minimum atomic E-state index is 0.0651. The fourth-order valence-electron chi connectivity index (χ4n) is 1.18. The molecule has 1 atom stereocenters. The van der Waals surface area contributed by atoms with Gasteiger partial charge in [0.2, 0.25) is 0 Å². The van der Waals surface area contributed by atoms with E-state index >= 15 is 0 Å². The van der Waals surface area contributed by atoms with Crippen LogP contribution < -0.4 is 16.2 Å². The van der Waals surface area contributed by atoms with E-state index in [1.54, 1.807) is 0 Å². The molecule has 0 saturated heterocycles. The summed E-state index contributed by atoms with van der Waals surface area (Å²) >= 11 is 0. The summed E-state index contributed by atoms with van der Waals surface area (Å²) in [6.07, 6.45) is 0.975. The minimum absolute atomic E-state index is 0.0651. The van der Waals surface area contributed by atoms with E-state index in [0.717, 1.165) is 12.2 Å². The smallest absolute Gasteiger partial charge is 0.119 e. The van der Waals surface area contributed by atoms with E-state index in [1.807, 2.05) is 31.2 Å². The van der Waals surface area contributed by atoms with E-state index in [1.165, 1.54) is 5.56 Å². The van der Waals surface area contributed by atoms with Gasteiger partial charge in [0, 0.05) is 6.54 Å². The van der Waals surface area contributed by atoms with Crippen molar-refractivity contribution in [3.8, 4) is 5.75 Å². The molecule has 3 heteroatoms. The lowest BCUT2D eigenvalue weighted by atomic mass is 10.1. The maximum absolute atomic E-state index is 5.54. The molecule has 0 spiro atoms. The molecule has 1 aromatic rings. The molecule has 78 valence electrons. The molecule has 0 aliphatic carbocycles. The first-order chi connectivity index (χ1) is 6.76. The summed E-state index contributed by atoms with van der Waals surface area (Å²) in [5.74, 6) is 0.865. The van der Waals surface area contributed by atoms with Crippen molar-refractivity contribution in [2.45, 2.75) is 19.4 Å². The molecule has 0 heterocycles. The largest absolute Gasteiger partial charge is 0.489 e. The highest BCUT2D eigenvalue weighted by atomic mass is 16.5. The Morgan fingerprint density at radius 2 is 1.86 bits per heavy atom. The van der Waals surface area contributed by atoms with Gasteiger partial charge in [0.15, 0.2) is 0 Å². The van der Waals surface area contributed by atoms with Gasteiger partial charge in [0.25, 0.3) is 0 Å². The third-order valence-corrected chi connectivity index (χ3v) is 2.03. The molecule has 4 N–H and O–H groups in total. The highest BCUT2D eigenvalue weighted by Crippen LogP contribution is 2.13. The van der Waals surface area contributed by atoms with Gasteiger partial charge in [-0.15, -0.1) is 0 Å². The van der Waals surface area contributed by atoms with Crippen LogP contribution in [0.3, 0.4) is 0 Å². The third kappa shape index (κ3) is 3.36. The highest BCUT2D eigenvalue weighted by molar-refractivity contribution is 5.27. The van der Waals surface area contributed by atoms with Gasteiger partial charge in [-0.2, -0.15) is 0 Å². The van der Waals surface area contributed by atoms with Gasteiger partial charge in [0.05, 0.1) is 0 Å². The zero-order valence-corrected chi connectivity index (χ0v) is 8.57. The molecule has 1 rings (SSSR count). The molecular weight excluding hydrogens is 176 g/mol. The van der Waals surface area contributed by atoms with Crippen LogP contribution in [0.5, 0.6) is 5.75 Å². The number of ether oxygens (including phenoxy) is 1. The molecule has 0 fully saturated rings. The monoisotopic (exact) mass is 194 g/mol. The number of rotatable bonds is 5. The molecule has 14 heavy (non-hydrogen) atoms. The molecule has 1 unspecified atom stereocenters. The van der Waals surface area contributed by atoms with E-state index in [4.69, 9.17) is 16.2 Å². The van der Waals surface area contributed by atoms with Gasteiger partial charge in [-0.05, 0) is 37.6 Å². The lowest BCUT2D eigenvalue weighted by molar-refractivity contribution is 0.230. The van der Waals surface area contributed by atoms with Gasteiger partial charge >= 0.3 is 0 Å². The standard InChI is InChI=1S/C11H18N2O/c1-9(8-13)14-11-4-2-10(3-5-11)6-7-12/h2-5,9H,6-8,12-13H2,1H3. The molecule has 0 aromatic heterocycles. The first kappa shape index (κ1) is 11.0. The number of hydrogen-bond acceptors (Lipinski definition) is 3. The average molecular weight is 194 g/mol. The number of nitrogens with two attached hydrogens (primary N) is 2. The first-order valence-electron chi connectivity index (χ1n) is 4.92. The zero-order valence-electron chi connectivity index (χ0n) is 8.57. The van der Waals surface area contributed by atoms with Gasteiger partial charge in [0.1, 0.15) is 11.9 Å². The average Bonchev–Trinajstić information content (AvgIpc) is 2.21. The van der Waals surface area contributed by atoms with Crippen LogP contribution in [0.25, 0.3) is 0 Å². The SMILES string of the molecule is CC(CN)Oc1ccc(CCN)cc1. The van der Waals surface area contributed by atoms with Crippen LogP contribution in [0.1, 0.15) is 12.5 Å². The Morgan fingerprint density at radius 1 is 1.21 bits per heavy atom. The van der Waals surface area contributed by atoms with Crippen molar-refractivity contribution in [3.63, 3.8) is 0 Å². The summed E-state index contributed by atoms with van der Waals surface area (Å²) in [7, 11) is 0. The van der Waals surface area contributed by atoms with Crippen molar-refractivity contribution in [3.05, 3.63) is 29.8 Å². The maximum Gasteiger partial charge on any atom is 0.119 e. The molecule has 0 saturated carbocycles. The second-order valence-electron chi connectivity index (χ2n) is 3.35. The highest BCUT2D eigenvalue weighted by Gasteiger charge is 2.00. The van der Waals surface area contributed by atoms with Crippen molar-refractivity contribution < 1.29 is 4.74 Å². The van der Waals surface area contributed by atoms with Crippen LogP contribution in [-0.4, -0.2) is 19.2 Å². The van der Waals surface area contributed by atoms with Gasteiger partial charge in [-0.1, -0.05) is 12.1 Å². The normalized spacial score (nSPS) is 12.5. The molecule has 0 bridgehead atoms. The molecular formula is C11H18N2O. The molecule has 0 aliphatic rings. The van der Waals surface area contributed by atoms with Crippen molar-refractivity contribution in [1.82, 2.24) is 0 Å². The maximum atomic E-state index is 5.54. The summed E-state index contributed by atoms with van der Waals surface area (Å²) in [6.45, 7) is 3.16. The van der Waals surface area contributed by atoms with Gasteiger partial charge < -0.3 is 16.2 Å². The predicted molar refractivity (Wildman–Crippen MR) is 58.3 cm³/mol. The third-order valence-electron chi connectivity index (χ3n) is 2.03. The number of hydrogen-bond donors (Lipinski definition) is 2. The molecule has 3 nitrogen and oxygen atoms in total. The van der Waals surface area contributed by atoms with Crippen LogP contribution in [0.4, 0.5) is 0 Å². The second kappa shape index (κ2) is 5.62. The summed E-state index contributed by atoms with van der Waals surface area (Å²) < 4.78 is 5.54. The van der Waals surface area contributed by atoms with Crippen LogP contribution in [-0.2, 0) is 6.42 Å². The molecule has 0 aliphatic heterocycles. The van der Waals surface area contributed by atoms with Crippen molar-refractivity contribution >= 4 is 0 Å². The second-order valence-corrected chi connectivity index (χ2v) is 3.35. The minimum Gasteiger partial charge on any atom is -0.489 e. The summed E-state index contributed by atoms with van der Waals surface area (Å²) in [5.41, 5.74) is 12.1. The molecule has 0 amide bonds. The summed E-state index contributed by atoms with van der Waals surface area (Å²) in [5, 5.41) is 0. The van der Waals surface area contributed by atoms with Crippen molar-refractivity contribution in [1.29, 1.82) is 0 Å². The van der Waals surface area contributed by atoms with Gasteiger partial charge in [-0.25, -0.2) is 0 Å². The Hall–Kier alpha value is -1.06. The molecule has 0 radical (unpaired) electrons. The lowest BCUT2D eigenvalue weighted by Gasteiger charge is -2.12. The van der Waals surface area contributed by atoms with E-state index in [-0.39, 0.29) is 6.10 Å². The Bertz CT molecular complexity index is 258. The Balaban J connectivity index is 2.54. The summed E-state index contributed by atoms with van der Waals surface area (Å²) in [6, 6.07) is 7.98. The predicted octanol–water partition coefficient (Wildman–Crippen LogP) is 0.914. The van der Waals surface area contributed by atoms with Crippen molar-refractivity contribution in [2.24, 2.45) is 11.5 Å². The number of benzene rings is 1. The summed E-state index contributed by atoms with van der Waals surface area (Å²) in [4.78, 5) is 0. The zero-order chi connectivity index (χ0) is 10.4. The van der Waals surface area contributed by atoms with Gasteiger partial charge in [-0.3, -0.25) is 0 Å². The van der Waals surface area contributed by atoms with Crippen LogP contribution in [0.15, 0.2) is 24.3 Å². The quantitative estimate of drug-likeness (QED) is 0.732. The van der Waals surface area contributed by atoms with Crippen LogP contribution in [0.2, 0.25) is 0 Å². The fraction of sp³-hybridized carbons (Fsp3) is 0.455. The molecule has 1 aromatic carbocycles. The van der Waals surface area contributed by atoms with Crippen LogP contribution in [0, 0.1) is 0 Å². The van der Waals surface area contributed by atoms with Crippen molar-refractivity contribution in [2.75, 3.05) is 13.1 Å². The van der Waals surface area contributed by atoms with E-state index in [2.05, 4.69) is 0 Å². The first-order valence-corrected chi connectivity index (χ1v) is 4.92. The fourth-order valence-corrected chi connectivity index (χ4v) is 1.18. The topological polar surface area (TPSA) is 61.3 Å². The van der Waals surface area contributed by atoms with E-state index < -0.39 is 0 Å². The van der Waals surface area contributed by atoms with E-state index in [0.29, 0.717) is 13.1 Å². The Kier molecular flexibility index (Phi) is 4.43. The van der Waals surface area contributed by atoms with Crippen LogP contribution >= 0.6 is 0 Å². The van der Waals surface area contributed by atoms with E-state index in [9.17, 15) is 0 Å². The Morgan fingerprint density at radius 3 is 2.36 bits per heavy atom.